The topological polar surface area (TPSA) is 75.4 Å². The summed E-state index contributed by atoms with van der Waals surface area (Å²) in [5.74, 6) is -0.161. The van der Waals surface area contributed by atoms with E-state index in [1.54, 1.807) is 30.1 Å². The quantitative estimate of drug-likeness (QED) is 0.804. The highest BCUT2D eigenvalue weighted by Crippen LogP contribution is 2.32. The van der Waals surface area contributed by atoms with Gasteiger partial charge in [0.2, 0.25) is 5.91 Å². The lowest BCUT2D eigenvalue weighted by Crippen LogP contribution is -2.40. The van der Waals surface area contributed by atoms with Gasteiger partial charge in [0, 0.05) is 30.3 Å². The van der Waals surface area contributed by atoms with E-state index in [0.29, 0.717) is 30.8 Å². The molecule has 1 aliphatic heterocycles. The van der Waals surface area contributed by atoms with Crippen LogP contribution in [0.2, 0.25) is 0 Å². The third kappa shape index (κ3) is 2.65. The minimum absolute atomic E-state index is 0.0324. The Hall–Kier alpha value is -1.56. The number of nitrogens with two attached hydrogens (primary N) is 1. The fraction of sp³-hybridized carbons (Fsp3) is 0.429. The molecule has 0 saturated carbocycles. The van der Waals surface area contributed by atoms with E-state index in [1.807, 2.05) is 6.92 Å². The highest BCUT2D eigenvalue weighted by molar-refractivity contribution is 9.10. The zero-order valence-corrected chi connectivity index (χ0v) is 13.2. The third-order valence-electron chi connectivity index (χ3n) is 3.78. The molecule has 2 rings (SSSR count). The summed E-state index contributed by atoms with van der Waals surface area (Å²) < 4.78 is 0.809. The molecule has 108 valence electrons. The molecule has 1 aromatic carbocycles. The molecule has 1 unspecified atom stereocenters. The second-order valence-electron chi connectivity index (χ2n) is 5.35. The first kappa shape index (κ1) is 14.8. The molecule has 0 radical (unpaired) electrons. The van der Waals surface area contributed by atoms with Crippen molar-refractivity contribution in [3.05, 3.63) is 28.2 Å². The first-order valence-electron chi connectivity index (χ1n) is 6.44. The predicted octanol–water partition coefficient (Wildman–Crippen LogP) is 1.63. The van der Waals surface area contributed by atoms with Crippen LogP contribution in [0.3, 0.4) is 0 Å². The Bertz CT molecular complexity index is 561. The zero-order chi connectivity index (χ0) is 14.9. The average molecular weight is 340 g/mol. The van der Waals surface area contributed by atoms with Crippen LogP contribution < -0.4 is 11.1 Å². The minimum Gasteiger partial charge on any atom is -0.398 e. The zero-order valence-electron chi connectivity index (χ0n) is 11.6. The summed E-state index contributed by atoms with van der Waals surface area (Å²) in [5, 5.41) is 2.66. The molecule has 6 heteroatoms. The van der Waals surface area contributed by atoms with Gasteiger partial charge in [0.05, 0.1) is 11.0 Å². The third-order valence-corrected chi connectivity index (χ3v) is 4.27. The Morgan fingerprint density at radius 1 is 1.45 bits per heavy atom. The number of halogens is 1. The van der Waals surface area contributed by atoms with Gasteiger partial charge in [-0.25, -0.2) is 0 Å². The summed E-state index contributed by atoms with van der Waals surface area (Å²) in [6.45, 7) is 2.86. The highest BCUT2D eigenvalue weighted by Gasteiger charge is 2.41. The number of anilines is 1. The molecule has 0 aliphatic carbocycles. The number of nitrogens with one attached hydrogen (secondary N) is 1. The van der Waals surface area contributed by atoms with E-state index in [4.69, 9.17) is 5.73 Å². The van der Waals surface area contributed by atoms with Gasteiger partial charge < -0.3 is 16.0 Å². The van der Waals surface area contributed by atoms with Crippen molar-refractivity contribution in [3.63, 3.8) is 0 Å². The van der Waals surface area contributed by atoms with Crippen molar-refractivity contribution in [1.29, 1.82) is 0 Å². The monoisotopic (exact) mass is 339 g/mol. The average Bonchev–Trinajstić information content (AvgIpc) is 2.83. The molecule has 1 aromatic rings. The summed E-state index contributed by atoms with van der Waals surface area (Å²) in [6.07, 6.45) is 0.659. The van der Waals surface area contributed by atoms with Gasteiger partial charge in [-0.1, -0.05) is 15.9 Å². The SMILES string of the molecule is CNC(=O)C1(C)CCN(C(=O)c2cc(Br)ccc2N)C1. The number of hydrogen-bond acceptors (Lipinski definition) is 3. The van der Waals surface area contributed by atoms with Gasteiger partial charge in [0.25, 0.3) is 5.91 Å². The molecule has 1 atom stereocenters. The lowest BCUT2D eigenvalue weighted by Gasteiger charge is -2.23. The van der Waals surface area contributed by atoms with E-state index < -0.39 is 5.41 Å². The smallest absolute Gasteiger partial charge is 0.256 e. The molecule has 1 heterocycles. The van der Waals surface area contributed by atoms with Crippen LogP contribution in [0.1, 0.15) is 23.7 Å². The fourth-order valence-corrected chi connectivity index (χ4v) is 2.87. The normalized spacial score (nSPS) is 21.9. The van der Waals surface area contributed by atoms with Gasteiger partial charge in [0.15, 0.2) is 0 Å². The number of likely N-dealkylation sites (tertiary alicyclic amines) is 1. The van der Waals surface area contributed by atoms with Crippen molar-refractivity contribution >= 4 is 33.4 Å². The minimum atomic E-state index is -0.523. The summed E-state index contributed by atoms with van der Waals surface area (Å²) in [5.41, 5.74) is 6.26. The largest absolute Gasteiger partial charge is 0.398 e. The van der Waals surface area contributed by atoms with Gasteiger partial charge in [-0.15, -0.1) is 0 Å². The summed E-state index contributed by atoms with van der Waals surface area (Å²) in [4.78, 5) is 26.1. The number of benzene rings is 1. The molecule has 0 bridgehead atoms. The van der Waals surface area contributed by atoms with E-state index >= 15 is 0 Å². The Morgan fingerprint density at radius 2 is 2.15 bits per heavy atom. The van der Waals surface area contributed by atoms with Crippen LogP contribution in [-0.2, 0) is 4.79 Å². The van der Waals surface area contributed by atoms with Crippen LogP contribution >= 0.6 is 15.9 Å². The van der Waals surface area contributed by atoms with Crippen molar-refractivity contribution < 1.29 is 9.59 Å². The number of amides is 2. The van der Waals surface area contributed by atoms with Gasteiger partial charge >= 0.3 is 0 Å². The number of carbonyl (C=O) groups excluding carboxylic acids is 2. The van der Waals surface area contributed by atoms with E-state index in [-0.39, 0.29) is 11.8 Å². The number of carbonyl (C=O) groups is 2. The fourth-order valence-electron chi connectivity index (χ4n) is 2.51. The van der Waals surface area contributed by atoms with E-state index in [0.717, 1.165) is 4.47 Å². The second-order valence-corrected chi connectivity index (χ2v) is 6.26. The maximum absolute atomic E-state index is 12.5. The van der Waals surface area contributed by atoms with Crippen molar-refractivity contribution in [3.8, 4) is 0 Å². The molecule has 1 saturated heterocycles. The summed E-state index contributed by atoms with van der Waals surface area (Å²) in [6, 6.07) is 5.21. The van der Waals surface area contributed by atoms with Crippen molar-refractivity contribution in [2.45, 2.75) is 13.3 Å². The highest BCUT2D eigenvalue weighted by atomic mass is 79.9. The molecular formula is C14H18BrN3O2. The number of nitrogens with zero attached hydrogens (tertiary/aromatic N) is 1. The van der Waals surface area contributed by atoms with E-state index in [1.165, 1.54) is 0 Å². The number of nitrogen functional groups attached to an aromatic ring is 1. The van der Waals surface area contributed by atoms with Gasteiger partial charge in [-0.05, 0) is 31.5 Å². The van der Waals surface area contributed by atoms with Crippen LogP contribution in [0.5, 0.6) is 0 Å². The molecule has 5 nitrogen and oxygen atoms in total. The second kappa shape index (κ2) is 5.44. The molecule has 20 heavy (non-hydrogen) atoms. The molecule has 2 amide bonds. The summed E-state index contributed by atoms with van der Waals surface area (Å²) in [7, 11) is 1.62. The Morgan fingerprint density at radius 3 is 2.80 bits per heavy atom. The van der Waals surface area contributed by atoms with Crippen molar-refractivity contribution in [2.75, 3.05) is 25.9 Å². The maximum atomic E-state index is 12.5. The first-order valence-corrected chi connectivity index (χ1v) is 7.23. The lowest BCUT2D eigenvalue weighted by atomic mass is 9.89. The van der Waals surface area contributed by atoms with Crippen LogP contribution in [0.15, 0.2) is 22.7 Å². The number of hydrogen-bond donors (Lipinski definition) is 2. The van der Waals surface area contributed by atoms with Crippen LogP contribution in [0, 0.1) is 5.41 Å². The van der Waals surface area contributed by atoms with Gasteiger partial charge in [0.1, 0.15) is 0 Å². The molecule has 0 spiro atoms. The Kier molecular flexibility index (Phi) is 4.04. The van der Waals surface area contributed by atoms with Crippen LogP contribution in [0.4, 0.5) is 5.69 Å². The molecule has 3 N–H and O–H groups in total. The predicted molar refractivity (Wildman–Crippen MR) is 81.2 cm³/mol. The van der Waals surface area contributed by atoms with E-state index in [2.05, 4.69) is 21.2 Å². The lowest BCUT2D eigenvalue weighted by molar-refractivity contribution is -0.128. The standard InChI is InChI=1S/C14H18BrN3O2/c1-14(13(20)17-2)5-6-18(8-14)12(19)10-7-9(15)3-4-11(10)16/h3-4,7H,5-6,8,16H2,1-2H3,(H,17,20). The van der Waals surface area contributed by atoms with Crippen molar-refractivity contribution in [2.24, 2.45) is 5.41 Å². The first-order chi connectivity index (χ1) is 9.37. The maximum Gasteiger partial charge on any atom is 0.256 e. The van der Waals surface area contributed by atoms with Crippen LogP contribution in [-0.4, -0.2) is 36.9 Å². The Balaban J connectivity index is 2.20. The number of rotatable bonds is 2. The molecular weight excluding hydrogens is 322 g/mol. The van der Waals surface area contributed by atoms with Gasteiger partial charge in [-0.2, -0.15) is 0 Å². The summed E-state index contributed by atoms with van der Waals surface area (Å²) >= 11 is 3.34. The van der Waals surface area contributed by atoms with Crippen molar-refractivity contribution in [1.82, 2.24) is 10.2 Å². The molecule has 0 aromatic heterocycles. The van der Waals surface area contributed by atoms with Gasteiger partial charge in [-0.3, -0.25) is 9.59 Å². The molecule has 1 fully saturated rings. The van der Waals surface area contributed by atoms with Crippen LogP contribution in [0.25, 0.3) is 0 Å². The molecule has 1 aliphatic rings. The van der Waals surface area contributed by atoms with E-state index in [9.17, 15) is 9.59 Å². The Labute approximate surface area is 126 Å².